The predicted octanol–water partition coefficient (Wildman–Crippen LogP) is 5.82. The Morgan fingerprint density at radius 3 is 1.75 bits per heavy atom. The van der Waals surface area contributed by atoms with Crippen LogP contribution in [0.15, 0.2) is 24.3 Å². The molecule has 0 nitrogen and oxygen atoms in total. The minimum Gasteiger partial charge on any atom is -0.170 e. The molecule has 0 bridgehead atoms. The van der Waals surface area contributed by atoms with E-state index in [0.717, 1.165) is 18.4 Å². The van der Waals surface area contributed by atoms with Crippen molar-refractivity contribution in [1.29, 1.82) is 0 Å². The van der Waals surface area contributed by atoms with E-state index in [0.29, 0.717) is 0 Å². The molecule has 1 aromatic carbocycles. The zero-order valence-electron chi connectivity index (χ0n) is 10.5. The quantitative estimate of drug-likeness (QED) is 0.467. The fraction of sp³-hybridized carbons (Fsp3) is 0.538. The Bertz CT molecular complexity index is 406. The van der Waals surface area contributed by atoms with Gasteiger partial charge in [-0.3, -0.25) is 0 Å². The summed E-state index contributed by atoms with van der Waals surface area (Å²) in [7, 11) is 0. The van der Waals surface area contributed by atoms with Gasteiger partial charge in [-0.05, 0) is 17.5 Å². The van der Waals surface area contributed by atoms with Crippen molar-refractivity contribution in [1.82, 2.24) is 0 Å². The third-order valence-electron chi connectivity index (χ3n) is 2.83. The molecule has 0 saturated heterocycles. The van der Waals surface area contributed by atoms with Gasteiger partial charge < -0.3 is 0 Å². The summed E-state index contributed by atoms with van der Waals surface area (Å²) < 4.78 is 75.6. The summed E-state index contributed by atoms with van der Waals surface area (Å²) >= 11 is 2.55. The van der Waals surface area contributed by atoms with Gasteiger partial charge >= 0.3 is 12.4 Å². The molecule has 0 aliphatic heterocycles. The lowest BCUT2D eigenvalue weighted by Crippen LogP contribution is -2.39. The topological polar surface area (TPSA) is 0 Å². The third kappa shape index (κ3) is 4.40. The second kappa shape index (κ2) is 6.37. The Hall–Kier alpha value is -0.720. The first-order valence-corrected chi connectivity index (χ1v) is 6.85. The molecule has 0 aliphatic carbocycles. The highest BCUT2D eigenvalue weighted by atomic mass is 79.9. The van der Waals surface area contributed by atoms with E-state index in [1.807, 2.05) is 6.92 Å². The summed E-state index contributed by atoms with van der Waals surface area (Å²) in [5, 5.41) is 0. The summed E-state index contributed by atoms with van der Waals surface area (Å²) in [6.07, 6.45) is -9.12. The first-order chi connectivity index (χ1) is 9.07. The Morgan fingerprint density at radius 2 is 1.40 bits per heavy atom. The fourth-order valence-electron chi connectivity index (χ4n) is 1.87. The van der Waals surface area contributed by atoms with Gasteiger partial charge in [-0.1, -0.05) is 53.5 Å². The van der Waals surface area contributed by atoms with Crippen LogP contribution in [0.25, 0.3) is 0 Å². The van der Waals surface area contributed by atoms with Crippen molar-refractivity contribution in [3.63, 3.8) is 0 Å². The molecule has 0 amide bonds. The number of alkyl halides is 7. The average Bonchev–Trinajstić information content (AvgIpc) is 2.26. The smallest absolute Gasteiger partial charge is 0.170 e. The van der Waals surface area contributed by atoms with Crippen LogP contribution in [-0.2, 0) is 6.42 Å². The first kappa shape index (κ1) is 17.3. The molecular formula is C13H13BrF6. The van der Waals surface area contributed by atoms with Gasteiger partial charge in [0.25, 0.3) is 0 Å². The second-order valence-electron chi connectivity index (χ2n) is 4.45. The van der Waals surface area contributed by atoms with Crippen LogP contribution in [-0.4, -0.2) is 12.4 Å². The Kier molecular flexibility index (Phi) is 5.52. The van der Waals surface area contributed by atoms with Crippen LogP contribution in [0, 0.1) is 5.92 Å². The highest BCUT2D eigenvalue weighted by Gasteiger charge is 2.59. The summed E-state index contributed by atoms with van der Waals surface area (Å²) in [6.45, 7) is 1.94. The maximum atomic E-state index is 12.6. The first-order valence-electron chi connectivity index (χ1n) is 5.93. The molecule has 1 aromatic rings. The van der Waals surface area contributed by atoms with Gasteiger partial charge in [0.2, 0.25) is 0 Å². The van der Waals surface area contributed by atoms with Crippen LogP contribution in [0.3, 0.4) is 0 Å². The van der Waals surface area contributed by atoms with Crippen LogP contribution in [0.5, 0.6) is 0 Å². The van der Waals surface area contributed by atoms with Crippen molar-refractivity contribution in [3.05, 3.63) is 35.4 Å². The number of benzene rings is 1. The largest absolute Gasteiger partial charge is 0.401 e. The molecule has 1 unspecified atom stereocenters. The zero-order chi connectivity index (χ0) is 15.6. The van der Waals surface area contributed by atoms with Crippen LogP contribution in [0.2, 0.25) is 0 Å². The van der Waals surface area contributed by atoms with Gasteiger partial charge in [0, 0.05) is 0 Å². The number of hydrogen-bond donors (Lipinski definition) is 0. The monoisotopic (exact) mass is 362 g/mol. The molecule has 0 saturated carbocycles. The molecule has 114 valence electrons. The molecule has 1 atom stereocenters. The van der Waals surface area contributed by atoms with Gasteiger partial charge in [0.1, 0.15) is 0 Å². The molecule has 1 rings (SSSR count). The zero-order valence-corrected chi connectivity index (χ0v) is 12.1. The number of halogens is 7. The van der Waals surface area contributed by atoms with Gasteiger partial charge in [-0.15, -0.1) is 0 Å². The number of rotatable bonds is 4. The van der Waals surface area contributed by atoms with Gasteiger partial charge in [-0.2, -0.15) is 26.3 Å². The van der Waals surface area contributed by atoms with Crippen molar-refractivity contribution < 1.29 is 26.3 Å². The number of aryl methyl sites for hydroxylation is 1. The van der Waals surface area contributed by atoms with Crippen LogP contribution >= 0.6 is 15.9 Å². The molecule has 0 radical (unpaired) electrons. The van der Waals surface area contributed by atoms with Gasteiger partial charge in [0.15, 0.2) is 5.92 Å². The summed E-state index contributed by atoms with van der Waals surface area (Å²) in [5.74, 6) is -3.42. The van der Waals surface area contributed by atoms with Crippen LogP contribution in [0.4, 0.5) is 26.3 Å². The molecule has 0 aliphatic rings. The predicted molar refractivity (Wildman–Crippen MR) is 67.7 cm³/mol. The Morgan fingerprint density at radius 1 is 0.950 bits per heavy atom. The second-order valence-corrected chi connectivity index (χ2v) is 5.44. The van der Waals surface area contributed by atoms with Crippen molar-refractivity contribution >= 4 is 15.9 Å². The highest BCUT2D eigenvalue weighted by Crippen LogP contribution is 2.49. The molecule has 7 heteroatoms. The van der Waals surface area contributed by atoms with Gasteiger partial charge in [-0.25, -0.2) is 0 Å². The highest BCUT2D eigenvalue weighted by molar-refractivity contribution is 9.09. The summed E-state index contributed by atoms with van der Waals surface area (Å²) in [5.41, 5.74) is 0.844. The maximum Gasteiger partial charge on any atom is 0.401 e. The van der Waals surface area contributed by atoms with E-state index in [1.54, 1.807) is 12.1 Å². The van der Waals surface area contributed by atoms with E-state index in [2.05, 4.69) is 15.9 Å². The normalized spacial score (nSPS) is 14.7. The van der Waals surface area contributed by atoms with Crippen LogP contribution < -0.4 is 0 Å². The summed E-state index contributed by atoms with van der Waals surface area (Å²) in [4.78, 5) is -1.85. The Labute approximate surface area is 121 Å². The van der Waals surface area contributed by atoms with Crippen molar-refractivity contribution in [2.24, 2.45) is 5.92 Å². The van der Waals surface area contributed by atoms with Crippen LogP contribution in [0.1, 0.15) is 29.3 Å². The standard InChI is InChI=1S/C13H13BrF6/c1-2-3-8-4-6-9(7-5-8)10(14)11(12(15,16)17)13(18,19)20/h4-7,10-11H,2-3H2,1H3. The molecule has 0 spiro atoms. The lowest BCUT2D eigenvalue weighted by molar-refractivity contribution is -0.283. The lowest BCUT2D eigenvalue weighted by atomic mass is 9.96. The molecule has 20 heavy (non-hydrogen) atoms. The summed E-state index contributed by atoms with van der Waals surface area (Å²) in [6, 6.07) is 5.71. The minimum atomic E-state index is -5.35. The van der Waals surface area contributed by atoms with Gasteiger partial charge in [0.05, 0.1) is 4.83 Å². The van der Waals surface area contributed by atoms with E-state index in [-0.39, 0.29) is 5.56 Å². The van der Waals surface area contributed by atoms with E-state index in [9.17, 15) is 26.3 Å². The van der Waals surface area contributed by atoms with Crippen molar-refractivity contribution in [2.75, 3.05) is 0 Å². The van der Waals surface area contributed by atoms with E-state index in [4.69, 9.17) is 0 Å². The molecule has 0 aromatic heterocycles. The lowest BCUT2D eigenvalue weighted by Gasteiger charge is -2.27. The third-order valence-corrected chi connectivity index (χ3v) is 3.89. The Balaban J connectivity index is 3.04. The van der Waals surface area contributed by atoms with E-state index in [1.165, 1.54) is 12.1 Å². The van der Waals surface area contributed by atoms with Crippen molar-refractivity contribution in [2.45, 2.75) is 36.9 Å². The van der Waals surface area contributed by atoms with E-state index >= 15 is 0 Å². The van der Waals surface area contributed by atoms with Crippen molar-refractivity contribution in [3.8, 4) is 0 Å². The molecule has 0 N–H and O–H groups in total. The SMILES string of the molecule is CCCc1ccc(C(Br)C(C(F)(F)F)C(F)(F)F)cc1. The fourth-order valence-corrected chi connectivity index (χ4v) is 2.77. The average molecular weight is 363 g/mol. The minimum absolute atomic E-state index is 0.0375. The maximum absolute atomic E-state index is 12.6. The molecular weight excluding hydrogens is 350 g/mol. The molecule has 0 heterocycles. The van der Waals surface area contributed by atoms with E-state index < -0.39 is 23.1 Å². The molecule has 0 fully saturated rings. The number of hydrogen-bond acceptors (Lipinski definition) is 0.